The maximum atomic E-state index is 12.8. The monoisotopic (exact) mass is 402 g/mol. The fourth-order valence-electron chi connectivity index (χ4n) is 3.65. The molecule has 7 nitrogen and oxygen atoms in total. The lowest BCUT2D eigenvalue weighted by molar-refractivity contribution is -0.385. The Morgan fingerprint density at radius 2 is 1.77 bits per heavy atom. The maximum Gasteiger partial charge on any atom is 0.343 e. The molecule has 2 aromatic heterocycles. The molecule has 7 heteroatoms. The minimum atomic E-state index is -0.626. The normalized spacial score (nSPS) is 12.0. The second-order valence-electron chi connectivity index (χ2n) is 6.98. The minimum absolute atomic E-state index is 0.0666. The van der Waals surface area contributed by atoms with Crippen LogP contribution in [-0.4, -0.2) is 15.0 Å². The van der Waals surface area contributed by atoms with Crippen molar-refractivity contribution in [3.8, 4) is 5.75 Å². The number of fused-ring (bicyclic) bond motifs is 1. The molecule has 0 radical (unpaired) electrons. The summed E-state index contributed by atoms with van der Waals surface area (Å²) in [6.45, 7) is 1.57. The van der Waals surface area contributed by atoms with Crippen molar-refractivity contribution in [2.75, 3.05) is 0 Å². The average molecular weight is 402 g/mol. The van der Waals surface area contributed by atoms with Gasteiger partial charge in [0.05, 0.1) is 15.9 Å². The van der Waals surface area contributed by atoms with Gasteiger partial charge in [-0.1, -0.05) is 42.5 Å². The highest BCUT2D eigenvalue weighted by Crippen LogP contribution is 2.36. The predicted octanol–water partition coefficient (Wildman–Crippen LogP) is 4.48. The Morgan fingerprint density at radius 3 is 2.47 bits per heavy atom. The molecule has 0 aliphatic heterocycles. The fourth-order valence-corrected chi connectivity index (χ4v) is 3.65. The molecule has 1 N–H and O–H groups in total. The summed E-state index contributed by atoms with van der Waals surface area (Å²) in [6, 6.07) is 19.0. The number of aromatic hydroxyl groups is 1. The van der Waals surface area contributed by atoms with Crippen molar-refractivity contribution in [3.63, 3.8) is 0 Å². The van der Waals surface area contributed by atoms with E-state index in [9.17, 15) is 20.0 Å². The van der Waals surface area contributed by atoms with Crippen LogP contribution in [0.2, 0.25) is 0 Å². The molecule has 0 aliphatic rings. The van der Waals surface area contributed by atoms with Gasteiger partial charge in [0, 0.05) is 24.1 Å². The van der Waals surface area contributed by atoms with Crippen LogP contribution in [-0.2, 0) is 6.42 Å². The van der Waals surface area contributed by atoms with E-state index >= 15 is 0 Å². The zero-order chi connectivity index (χ0) is 21.3. The molecule has 0 amide bonds. The average Bonchev–Trinajstić information content (AvgIpc) is 2.73. The molecule has 0 spiro atoms. The Balaban J connectivity index is 1.87. The summed E-state index contributed by atoms with van der Waals surface area (Å²) in [6.07, 6.45) is 0.263. The second kappa shape index (κ2) is 7.79. The molecule has 2 heterocycles. The highest BCUT2D eigenvalue weighted by Gasteiger charge is 2.26. The molecule has 0 saturated carbocycles. The van der Waals surface area contributed by atoms with Crippen LogP contribution in [0.3, 0.4) is 0 Å². The SMILES string of the molecule is Cc1nc(CC(c2ccccc2)c2c(O)c3ccccc3oc2=O)ccc1[N+](=O)[O-]. The molecule has 30 heavy (non-hydrogen) atoms. The lowest BCUT2D eigenvalue weighted by Crippen LogP contribution is -2.17. The second-order valence-corrected chi connectivity index (χ2v) is 6.98. The molecular formula is C23H18N2O5. The number of aryl methyl sites for hydroxylation is 1. The molecule has 4 aromatic rings. The highest BCUT2D eigenvalue weighted by molar-refractivity contribution is 5.84. The first-order valence-corrected chi connectivity index (χ1v) is 9.36. The van der Waals surface area contributed by atoms with Crippen LogP contribution in [0.5, 0.6) is 5.75 Å². The lowest BCUT2D eigenvalue weighted by Gasteiger charge is -2.18. The van der Waals surface area contributed by atoms with Gasteiger partial charge in [-0.05, 0) is 30.7 Å². The number of hydrogen-bond donors (Lipinski definition) is 1. The van der Waals surface area contributed by atoms with E-state index in [-0.39, 0.29) is 23.4 Å². The summed E-state index contributed by atoms with van der Waals surface area (Å²) in [5.41, 5.74) is 1.41. The molecule has 1 atom stereocenters. The van der Waals surface area contributed by atoms with E-state index in [0.29, 0.717) is 22.4 Å². The zero-order valence-corrected chi connectivity index (χ0v) is 16.1. The van der Waals surface area contributed by atoms with Crippen LogP contribution >= 0.6 is 0 Å². The van der Waals surface area contributed by atoms with Crippen LogP contribution in [0.25, 0.3) is 11.0 Å². The number of benzene rings is 2. The van der Waals surface area contributed by atoms with Crippen molar-refractivity contribution < 1.29 is 14.4 Å². The number of rotatable bonds is 5. The summed E-state index contributed by atoms with van der Waals surface area (Å²) in [5, 5.41) is 22.5. The van der Waals surface area contributed by atoms with Gasteiger partial charge in [0.25, 0.3) is 5.69 Å². The zero-order valence-electron chi connectivity index (χ0n) is 16.1. The van der Waals surface area contributed by atoms with Crippen molar-refractivity contribution in [2.45, 2.75) is 19.3 Å². The Kier molecular flexibility index (Phi) is 5.02. The van der Waals surface area contributed by atoms with Gasteiger partial charge in [-0.25, -0.2) is 4.79 Å². The van der Waals surface area contributed by atoms with Crippen molar-refractivity contribution in [2.24, 2.45) is 0 Å². The minimum Gasteiger partial charge on any atom is -0.507 e. The summed E-state index contributed by atoms with van der Waals surface area (Å²) < 4.78 is 5.46. The maximum absolute atomic E-state index is 12.8. The van der Waals surface area contributed by atoms with Gasteiger partial charge >= 0.3 is 5.63 Å². The van der Waals surface area contributed by atoms with Gasteiger partial charge in [-0.3, -0.25) is 15.1 Å². The first kappa shape index (κ1) is 19.3. The molecule has 1 unspecified atom stereocenters. The third-order valence-corrected chi connectivity index (χ3v) is 5.10. The molecule has 0 aliphatic carbocycles. The van der Waals surface area contributed by atoms with E-state index in [1.54, 1.807) is 37.3 Å². The molecule has 0 bridgehead atoms. The topological polar surface area (TPSA) is 106 Å². The van der Waals surface area contributed by atoms with E-state index < -0.39 is 16.5 Å². The van der Waals surface area contributed by atoms with E-state index in [1.165, 1.54) is 6.07 Å². The quantitative estimate of drug-likeness (QED) is 0.300. The molecule has 0 saturated heterocycles. The van der Waals surface area contributed by atoms with Gasteiger partial charge in [0.2, 0.25) is 0 Å². The van der Waals surface area contributed by atoms with Crippen molar-refractivity contribution in [3.05, 3.63) is 110 Å². The largest absolute Gasteiger partial charge is 0.507 e. The lowest BCUT2D eigenvalue weighted by atomic mass is 9.87. The van der Waals surface area contributed by atoms with Gasteiger partial charge in [0.15, 0.2) is 0 Å². The van der Waals surface area contributed by atoms with Crippen LogP contribution in [0.1, 0.15) is 28.4 Å². The number of hydrogen-bond acceptors (Lipinski definition) is 6. The van der Waals surface area contributed by atoms with Gasteiger partial charge in [0.1, 0.15) is 17.0 Å². The third kappa shape index (κ3) is 3.53. The third-order valence-electron chi connectivity index (χ3n) is 5.10. The van der Waals surface area contributed by atoms with Crippen molar-refractivity contribution in [1.82, 2.24) is 4.98 Å². The van der Waals surface area contributed by atoms with Crippen molar-refractivity contribution >= 4 is 16.7 Å². The fraction of sp³-hybridized carbons (Fsp3) is 0.130. The first-order valence-electron chi connectivity index (χ1n) is 9.36. The van der Waals surface area contributed by atoms with E-state index in [1.807, 2.05) is 30.3 Å². The summed E-state index contributed by atoms with van der Waals surface area (Å²) in [5.74, 6) is -0.672. The number of para-hydroxylation sites is 1. The molecule has 150 valence electrons. The summed E-state index contributed by atoms with van der Waals surface area (Å²) in [4.78, 5) is 27.8. The van der Waals surface area contributed by atoms with Crippen LogP contribution in [0.15, 0.2) is 75.9 Å². The molecule has 2 aromatic carbocycles. The van der Waals surface area contributed by atoms with E-state index in [0.717, 1.165) is 5.56 Å². The Hall–Kier alpha value is -4.00. The number of nitro groups is 1. The standard InChI is InChI=1S/C23H18N2O5/c1-14-19(25(28)29)12-11-16(24-14)13-18(15-7-3-2-4-8-15)21-22(26)17-9-5-6-10-20(17)30-23(21)27/h2-12,18,26H,13H2,1H3. The van der Waals surface area contributed by atoms with Crippen LogP contribution < -0.4 is 5.63 Å². The molecule has 0 fully saturated rings. The highest BCUT2D eigenvalue weighted by atomic mass is 16.6. The van der Waals surface area contributed by atoms with E-state index in [4.69, 9.17) is 4.42 Å². The van der Waals surface area contributed by atoms with Crippen LogP contribution in [0, 0.1) is 17.0 Å². The number of nitrogens with zero attached hydrogens (tertiary/aromatic N) is 2. The first-order chi connectivity index (χ1) is 14.5. The molecule has 4 rings (SSSR count). The summed E-state index contributed by atoms with van der Waals surface area (Å²) in [7, 11) is 0. The molecular weight excluding hydrogens is 384 g/mol. The summed E-state index contributed by atoms with van der Waals surface area (Å²) >= 11 is 0. The Labute approximate surface area is 171 Å². The predicted molar refractivity (Wildman–Crippen MR) is 112 cm³/mol. The van der Waals surface area contributed by atoms with E-state index in [2.05, 4.69) is 4.98 Å². The van der Waals surface area contributed by atoms with Crippen molar-refractivity contribution in [1.29, 1.82) is 0 Å². The Morgan fingerprint density at radius 1 is 1.07 bits per heavy atom. The van der Waals surface area contributed by atoms with Gasteiger partial charge in [-0.15, -0.1) is 0 Å². The number of pyridine rings is 1. The van der Waals surface area contributed by atoms with Crippen LogP contribution in [0.4, 0.5) is 5.69 Å². The van der Waals surface area contributed by atoms with Gasteiger partial charge in [-0.2, -0.15) is 0 Å². The smallest absolute Gasteiger partial charge is 0.343 e. The Bertz CT molecular complexity index is 1300. The van der Waals surface area contributed by atoms with Gasteiger partial charge < -0.3 is 9.52 Å². The number of aromatic nitrogens is 1.